The minimum absolute atomic E-state index is 0.712. The lowest BCUT2D eigenvalue weighted by Gasteiger charge is -2.19. The Labute approximate surface area is 168 Å². The van der Waals surface area contributed by atoms with Crippen molar-refractivity contribution in [1.82, 2.24) is 20.1 Å². The fraction of sp³-hybridized carbons (Fsp3) is 0.182. The molecule has 0 spiro atoms. The monoisotopic (exact) mass is 392 g/mol. The van der Waals surface area contributed by atoms with Gasteiger partial charge in [0, 0.05) is 47.0 Å². The smallest absolute Gasteiger partial charge is 0.121 e. The third kappa shape index (κ3) is 4.01. The van der Waals surface area contributed by atoms with Gasteiger partial charge in [0.1, 0.15) is 5.75 Å². The molecule has 0 bridgehead atoms. The van der Waals surface area contributed by atoms with E-state index in [0.717, 1.165) is 52.3 Å². The number of halogens is 1. The Morgan fingerprint density at radius 3 is 2.57 bits per heavy atom. The van der Waals surface area contributed by atoms with Crippen molar-refractivity contribution in [2.45, 2.75) is 13.1 Å². The molecule has 5 nitrogen and oxygen atoms in total. The predicted octanol–water partition coefficient (Wildman–Crippen LogP) is 4.92. The van der Waals surface area contributed by atoms with E-state index < -0.39 is 0 Å². The molecule has 2 heterocycles. The Bertz CT molecular complexity index is 1080. The number of rotatable bonds is 6. The van der Waals surface area contributed by atoms with Gasteiger partial charge in [0.2, 0.25) is 0 Å². The van der Waals surface area contributed by atoms with Gasteiger partial charge in [0.15, 0.2) is 0 Å². The molecule has 0 aliphatic rings. The molecule has 0 radical (unpaired) electrons. The summed E-state index contributed by atoms with van der Waals surface area (Å²) in [5, 5.41) is 8.84. The van der Waals surface area contributed by atoms with Crippen molar-refractivity contribution in [2.24, 2.45) is 0 Å². The zero-order chi connectivity index (χ0) is 19.5. The first kappa shape index (κ1) is 18.5. The molecule has 142 valence electrons. The second-order valence-corrected chi connectivity index (χ2v) is 7.25. The number of nitrogens with zero attached hydrogens (tertiary/aromatic N) is 3. The van der Waals surface area contributed by atoms with E-state index in [1.54, 1.807) is 13.3 Å². The van der Waals surface area contributed by atoms with Crippen LogP contribution in [0.2, 0.25) is 5.02 Å². The number of nitrogens with one attached hydrogen (secondary N) is 1. The minimum atomic E-state index is 0.712. The molecule has 0 fully saturated rings. The van der Waals surface area contributed by atoms with Crippen LogP contribution in [0.3, 0.4) is 0 Å². The summed E-state index contributed by atoms with van der Waals surface area (Å²) in [6.07, 6.45) is 1.77. The molecule has 0 saturated carbocycles. The van der Waals surface area contributed by atoms with Crippen molar-refractivity contribution >= 4 is 22.5 Å². The highest BCUT2D eigenvalue weighted by Gasteiger charge is 2.13. The first-order valence-corrected chi connectivity index (χ1v) is 9.40. The molecule has 2 aromatic heterocycles. The highest BCUT2D eigenvalue weighted by molar-refractivity contribution is 6.30. The summed E-state index contributed by atoms with van der Waals surface area (Å²) in [5.41, 5.74) is 5.13. The van der Waals surface area contributed by atoms with Gasteiger partial charge in [-0.05, 0) is 49.0 Å². The molecule has 0 unspecified atom stereocenters. The van der Waals surface area contributed by atoms with Crippen molar-refractivity contribution in [3.05, 3.63) is 77.1 Å². The Morgan fingerprint density at radius 1 is 1.04 bits per heavy atom. The van der Waals surface area contributed by atoms with E-state index in [2.05, 4.69) is 28.2 Å². The molecule has 0 aliphatic heterocycles. The summed E-state index contributed by atoms with van der Waals surface area (Å²) in [4.78, 5) is 7.20. The average Bonchev–Trinajstić information content (AvgIpc) is 3.20. The lowest BCUT2D eigenvalue weighted by molar-refractivity contribution is 0.315. The Balaban J connectivity index is 1.75. The fourth-order valence-electron chi connectivity index (χ4n) is 3.31. The number of hydrogen-bond donors (Lipinski definition) is 1. The summed E-state index contributed by atoms with van der Waals surface area (Å²) in [5.74, 6) is 0.797. The van der Waals surface area contributed by atoms with Crippen LogP contribution in [0.5, 0.6) is 5.75 Å². The molecule has 0 amide bonds. The Morgan fingerprint density at radius 2 is 1.86 bits per heavy atom. The number of methoxy groups -OCH3 is 1. The average molecular weight is 393 g/mol. The van der Waals surface area contributed by atoms with Crippen LogP contribution in [0.25, 0.3) is 22.2 Å². The third-order valence-electron chi connectivity index (χ3n) is 4.66. The number of hydrogen-bond acceptors (Lipinski definition) is 4. The van der Waals surface area contributed by atoms with E-state index in [0.29, 0.717) is 5.02 Å². The second-order valence-electron chi connectivity index (χ2n) is 6.82. The van der Waals surface area contributed by atoms with Crippen LogP contribution in [-0.2, 0) is 13.1 Å². The van der Waals surface area contributed by atoms with Gasteiger partial charge in [-0.15, -0.1) is 0 Å². The Kier molecular flexibility index (Phi) is 5.28. The normalized spacial score (nSPS) is 11.3. The van der Waals surface area contributed by atoms with Gasteiger partial charge in [-0.1, -0.05) is 23.7 Å². The molecule has 2 aromatic carbocycles. The van der Waals surface area contributed by atoms with Gasteiger partial charge in [0.25, 0.3) is 0 Å². The third-order valence-corrected chi connectivity index (χ3v) is 4.91. The van der Waals surface area contributed by atoms with E-state index >= 15 is 0 Å². The van der Waals surface area contributed by atoms with E-state index in [9.17, 15) is 0 Å². The SMILES string of the molecule is COc1ccc2cc(CN(C)Cc3ccn[nH]3)c(-c3ccc(Cl)cc3)nc2c1. The summed E-state index contributed by atoms with van der Waals surface area (Å²) >= 11 is 6.08. The number of benzene rings is 2. The quantitative estimate of drug-likeness (QED) is 0.506. The zero-order valence-electron chi connectivity index (χ0n) is 15.8. The summed E-state index contributed by atoms with van der Waals surface area (Å²) in [6.45, 7) is 1.53. The van der Waals surface area contributed by atoms with Gasteiger partial charge in [-0.3, -0.25) is 10.00 Å². The molecule has 1 N–H and O–H groups in total. The van der Waals surface area contributed by atoms with Gasteiger partial charge in [-0.2, -0.15) is 5.10 Å². The van der Waals surface area contributed by atoms with Crippen LogP contribution in [0.15, 0.2) is 60.8 Å². The van der Waals surface area contributed by atoms with Gasteiger partial charge >= 0.3 is 0 Å². The van der Waals surface area contributed by atoms with E-state index in [1.807, 2.05) is 48.5 Å². The van der Waals surface area contributed by atoms with E-state index in [-0.39, 0.29) is 0 Å². The van der Waals surface area contributed by atoms with Gasteiger partial charge in [-0.25, -0.2) is 4.98 Å². The number of ether oxygens (including phenoxy) is 1. The lowest BCUT2D eigenvalue weighted by atomic mass is 10.0. The van der Waals surface area contributed by atoms with Crippen molar-refractivity contribution in [1.29, 1.82) is 0 Å². The number of fused-ring (bicyclic) bond motifs is 1. The maximum atomic E-state index is 6.08. The number of pyridine rings is 1. The molecule has 0 aliphatic carbocycles. The highest BCUT2D eigenvalue weighted by Crippen LogP contribution is 2.29. The molecule has 0 saturated heterocycles. The van der Waals surface area contributed by atoms with E-state index in [1.165, 1.54) is 0 Å². The highest BCUT2D eigenvalue weighted by atomic mass is 35.5. The summed E-state index contributed by atoms with van der Waals surface area (Å²) < 4.78 is 5.36. The Hall–Kier alpha value is -2.89. The van der Waals surface area contributed by atoms with Crippen molar-refractivity contribution in [2.75, 3.05) is 14.2 Å². The molecule has 0 atom stereocenters. The van der Waals surface area contributed by atoms with Crippen molar-refractivity contribution in [3.8, 4) is 17.0 Å². The van der Waals surface area contributed by atoms with Crippen molar-refractivity contribution in [3.63, 3.8) is 0 Å². The van der Waals surface area contributed by atoms with Crippen LogP contribution in [0.1, 0.15) is 11.3 Å². The fourth-order valence-corrected chi connectivity index (χ4v) is 3.43. The van der Waals surface area contributed by atoms with E-state index in [4.69, 9.17) is 21.3 Å². The standard InChI is InChI=1S/C22H21ClN4O/c1-27(14-19-9-10-24-26-19)13-17-11-16-5-8-20(28-2)12-21(16)25-22(17)15-3-6-18(23)7-4-15/h3-12H,13-14H2,1-2H3,(H,24,26). The maximum Gasteiger partial charge on any atom is 0.121 e. The maximum absolute atomic E-state index is 6.08. The molecule has 4 rings (SSSR count). The summed E-state index contributed by atoms with van der Waals surface area (Å²) in [6, 6.07) is 18.0. The number of aromatic amines is 1. The first-order chi connectivity index (χ1) is 13.6. The summed E-state index contributed by atoms with van der Waals surface area (Å²) in [7, 11) is 3.75. The minimum Gasteiger partial charge on any atom is -0.497 e. The largest absolute Gasteiger partial charge is 0.497 e. The number of H-pyrrole nitrogens is 1. The van der Waals surface area contributed by atoms with Crippen LogP contribution in [0.4, 0.5) is 0 Å². The topological polar surface area (TPSA) is 54.0 Å². The van der Waals surface area contributed by atoms with Gasteiger partial charge in [0.05, 0.1) is 18.3 Å². The van der Waals surface area contributed by atoms with Crippen LogP contribution in [-0.4, -0.2) is 34.2 Å². The van der Waals surface area contributed by atoms with Crippen LogP contribution >= 0.6 is 11.6 Å². The van der Waals surface area contributed by atoms with Gasteiger partial charge < -0.3 is 4.74 Å². The molecule has 6 heteroatoms. The molecule has 28 heavy (non-hydrogen) atoms. The lowest BCUT2D eigenvalue weighted by Crippen LogP contribution is -2.18. The molecular formula is C22H21ClN4O. The second kappa shape index (κ2) is 8.00. The number of aromatic nitrogens is 3. The molecular weight excluding hydrogens is 372 g/mol. The van der Waals surface area contributed by atoms with Crippen LogP contribution in [0, 0.1) is 0 Å². The van der Waals surface area contributed by atoms with Crippen LogP contribution < -0.4 is 4.74 Å². The predicted molar refractivity (Wildman–Crippen MR) is 112 cm³/mol. The molecule has 4 aromatic rings. The first-order valence-electron chi connectivity index (χ1n) is 9.03. The van der Waals surface area contributed by atoms with Crippen molar-refractivity contribution < 1.29 is 4.74 Å². The zero-order valence-corrected chi connectivity index (χ0v) is 16.6.